The van der Waals surface area contributed by atoms with Crippen molar-refractivity contribution in [2.75, 3.05) is 17.3 Å². The molecule has 2 aromatic carbocycles. The first kappa shape index (κ1) is 12.9. The molecule has 21 heavy (non-hydrogen) atoms. The molecule has 0 atom stereocenters. The van der Waals surface area contributed by atoms with Crippen LogP contribution in [0.1, 0.15) is 0 Å². The van der Waals surface area contributed by atoms with Gasteiger partial charge in [0.1, 0.15) is 5.69 Å². The normalized spacial score (nSPS) is 12.1. The number of benzene rings is 2. The Balaban J connectivity index is 2.26. The average molecular weight is 286 g/mol. The van der Waals surface area contributed by atoms with Crippen LogP contribution in [0.25, 0.3) is 0 Å². The number of nitrogens with one attached hydrogen (secondary N) is 1. The molecule has 106 valence electrons. The molecule has 0 saturated heterocycles. The lowest BCUT2D eigenvalue weighted by Gasteiger charge is -2.30. The minimum Gasteiger partial charge on any atom is -0.346 e. The van der Waals surface area contributed by atoms with Gasteiger partial charge in [0, 0.05) is 13.1 Å². The SMILES string of the molecule is CN1c2ccccc2Nc2c1cc([N+](=O)[O-])cc2[N+](=O)[O-]. The molecule has 8 heteroatoms. The minimum absolute atomic E-state index is 0.256. The average Bonchev–Trinajstić information content (AvgIpc) is 2.46. The van der Waals surface area contributed by atoms with E-state index in [1.165, 1.54) is 6.07 Å². The summed E-state index contributed by atoms with van der Waals surface area (Å²) in [7, 11) is 1.71. The summed E-state index contributed by atoms with van der Waals surface area (Å²) in [6, 6.07) is 9.55. The fourth-order valence-corrected chi connectivity index (χ4v) is 2.38. The van der Waals surface area contributed by atoms with E-state index in [1.54, 1.807) is 18.0 Å². The summed E-state index contributed by atoms with van der Waals surface area (Å²) in [6.07, 6.45) is 0. The first-order valence-electron chi connectivity index (χ1n) is 6.05. The lowest BCUT2D eigenvalue weighted by molar-refractivity contribution is -0.393. The molecule has 1 aliphatic heterocycles. The van der Waals surface area contributed by atoms with Crippen molar-refractivity contribution in [3.8, 4) is 0 Å². The number of anilines is 4. The molecule has 0 saturated carbocycles. The van der Waals surface area contributed by atoms with Crippen LogP contribution in [-0.4, -0.2) is 16.9 Å². The Labute approximate surface area is 118 Å². The smallest absolute Gasteiger partial charge is 0.301 e. The molecule has 0 fully saturated rings. The summed E-state index contributed by atoms with van der Waals surface area (Å²) in [5.41, 5.74) is 1.53. The van der Waals surface area contributed by atoms with E-state index in [2.05, 4.69) is 5.32 Å². The van der Waals surface area contributed by atoms with Gasteiger partial charge in [-0.2, -0.15) is 0 Å². The van der Waals surface area contributed by atoms with E-state index in [0.717, 1.165) is 11.8 Å². The molecular weight excluding hydrogens is 276 g/mol. The van der Waals surface area contributed by atoms with Gasteiger partial charge in [0.05, 0.1) is 33.0 Å². The van der Waals surface area contributed by atoms with E-state index in [0.29, 0.717) is 11.4 Å². The summed E-state index contributed by atoms with van der Waals surface area (Å²) < 4.78 is 0. The summed E-state index contributed by atoms with van der Waals surface area (Å²) in [5, 5.41) is 25.1. The van der Waals surface area contributed by atoms with Gasteiger partial charge in [0.2, 0.25) is 0 Å². The minimum atomic E-state index is -0.637. The second-order valence-electron chi connectivity index (χ2n) is 4.57. The summed E-state index contributed by atoms with van der Waals surface area (Å²) >= 11 is 0. The Morgan fingerprint density at radius 3 is 2.43 bits per heavy atom. The highest BCUT2D eigenvalue weighted by Gasteiger charge is 2.30. The van der Waals surface area contributed by atoms with E-state index in [4.69, 9.17) is 0 Å². The van der Waals surface area contributed by atoms with Gasteiger partial charge in [0.25, 0.3) is 5.69 Å². The molecule has 0 spiro atoms. The molecule has 0 unspecified atom stereocenters. The van der Waals surface area contributed by atoms with Crippen molar-refractivity contribution in [2.24, 2.45) is 0 Å². The van der Waals surface area contributed by atoms with Gasteiger partial charge in [-0.15, -0.1) is 0 Å². The van der Waals surface area contributed by atoms with Crippen molar-refractivity contribution in [3.05, 3.63) is 56.6 Å². The molecule has 3 rings (SSSR count). The quantitative estimate of drug-likeness (QED) is 0.671. The monoisotopic (exact) mass is 286 g/mol. The zero-order chi connectivity index (χ0) is 15.1. The number of nitro benzene ring substituents is 2. The number of hydrogen-bond donors (Lipinski definition) is 1. The van der Waals surface area contributed by atoms with Crippen LogP contribution in [0.5, 0.6) is 0 Å². The first-order valence-corrected chi connectivity index (χ1v) is 6.05. The summed E-state index contributed by atoms with van der Waals surface area (Å²) in [6.45, 7) is 0. The Bertz CT molecular complexity index is 775. The Morgan fingerprint density at radius 2 is 1.76 bits per heavy atom. The lowest BCUT2D eigenvalue weighted by atomic mass is 10.1. The molecular formula is C13H10N4O4. The number of hydrogen-bond acceptors (Lipinski definition) is 6. The largest absolute Gasteiger partial charge is 0.346 e. The van der Waals surface area contributed by atoms with Crippen LogP contribution in [0, 0.1) is 20.2 Å². The highest BCUT2D eigenvalue weighted by atomic mass is 16.6. The second-order valence-corrected chi connectivity index (χ2v) is 4.57. The lowest BCUT2D eigenvalue weighted by Crippen LogP contribution is -2.18. The fourth-order valence-electron chi connectivity index (χ4n) is 2.38. The Morgan fingerprint density at radius 1 is 1.05 bits per heavy atom. The van der Waals surface area contributed by atoms with E-state index in [-0.39, 0.29) is 17.1 Å². The maximum atomic E-state index is 11.2. The maximum absolute atomic E-state index is 11.2. The molecule has 0 bridgehead atoms. The van der Waals surface area contributed by atoms with Gasteiger partial charge in [-0.25, -0.2) is 0 Å². The van der Waals surface area contributed by atoms with Gasteiger partial charge in [-0.05, 0) is 12.1 Å². The van der Waals surface area contributed by atoms with Crippen molar-refractivity contribution >= 4 is 34.1 Å². The van der Waals surface area contributed by atoms with Gasteiger partial charge in [0.15, 0.2) is 0 Å². The van der Waals surface area contributed by atoms with E-state index < -0.39 is 9.85 Å². The number of non-ortho nitro benzene ring substituents is 1. The molecule has 0 aliphatic carbocycles. The first-order chi connectivity index (χ1) is 9.99. The topological polar surface area (TPSA) is 102 Å². The van der Waals surface area contributed by atoms with Gasteiger partial charge < -0.3 is 10.2 Å². The van der Waals surface area contributed by atoms with Crippen molar-refractivity contribution in [3.63, 3.8) is 0 Å². The molecule has 1 aliphatic rings. The highest BCUT2D eigenvalue weighted by molar-refractivity contribution is 5.96. The van der Waals surface area contributed by atoms with E-state index >= 15 is 0 Å². The number of rotatable bonds is 2. The maximum Gasteiger partial charge on any atom is 0.301 e. The molecule has 2 aromatic rings. The Kier molecular flexibility index (Phi) is 2.72. The van der Waals surface area contributed by atoms with Crippen molar-refractivity contribution in [1.82, 2.24) is 0 Å². The van der Waals surface area contributed by atoms with E-state index in [1.807, 2.05) is 18.2 Å². The molecule has 0 radical (unpaired) electrons. The van der Waals surface area contributed by atoms with Crippen molar-refractivity contribution < 1.29 is 9.85 Å². The molecule has 1 heterocycles. The van der Waals surface area contributed by atoms with Crippen LogP contribution in [0.2, 0.25) is 0 Å². The van der Waals surface area contributed by atoms with Crippen LogP contribution < -0.4 is 10.2 Å². The predicted molar refractivity (Wildman–Crippen MR) is 77.5 cm³/mol. The van der Waals surface area contributed by atoms with Crippen LogP contribution >= 0.6 is 0 Å². The zero-order valence-corrected chi connectivity index (χ0v) is 10.9. The number of nitro groups is 2. The van der Waals surface area contributed by atoms with Gasteiger partial charge in [-0.1, -0.05) is 12.1 Å². The standard InChI is InChI=1S/C13H10N4O4/c1-15-10-5-3-2-4-9(10)14-13-11(15)6-8(16(18)19)7-12(13)17(20)21/h2-7,14H,1H3. The molecule has 0 aromatic heterocycles. The molecule has 1 N–H and O–H groups in total. The highest BCUT2D eigenvalue weighted by Crippen LogP contribution is 2.48. The van der Waals surface area contributed by atoms with Crippen molar-refractivity contribution in [1.29, 1.82) is 0 Å². The van der Waals surface area contributed by atoms with Crippen molar-refractivity contribution in [2.45, 2.75) is 0 Å². The number of para-hydroxylation sites is 2. The third-order valence-corrected chi connectivity index (χ3v) is 3.38. The van der Waals surface area contributed by atoms with Crippen LogP contribution in [0.4, 0.5) is 34.1 Å². The summed E-state index contributed by atoms with van der Waals surface area (Å²) in [4.78, 5) is 22.6. The number of fused-ring (bicyclic) bond motifs is 2. The molecule has 0 amide bonds. The molecule has 8 nitrogen and oxygen atoms in total. The number of nitrogens with zero attached hydrogens (tertiary/aromatic N) is 3. The van der Waals surface area contributed by atoms with Crippen LogP contribution in [-0.2, 0) is 0 Å². The van der Waals surface area contributed by atoms with Gasteiger partial charge >= 0.3 is 5.69 Å². The zero-order valence-electron chi connectivity index (χ0n) is 10.9. The summed E-state index contributed by atoms with van der Waals surface area (Å²) in [5.74, 6) is 0. The van der Waals surface area contributed by atoms with E-state index in [9.17, 15) is 20.2 Å². The third kappa shape index (κ3) is 1.93. The second kappa shape index (κ2) is 4.44. The van der Waals surface area contributed by atoms with Crippen LogP contribution in [0.15, 0.2) is 36.4 Å². The van der Waals surface area contributed by atoms with Gasteiger partial charge in [-0.3, -0.25) is 20.2 Å². The van der Waals surface area contributed by atoms with Crippen LogP contribution in [0.3, 0.4) is 0 Å². The predicted octanol–water partition coefficient (Wildman–Crippen LogP) is 3.33. The fraction of sp³-hybridized carbons (Fsp3) is 0.0769. The third-order valence-electron chi connectivity index (χ3n) is 3.38. The Hall–Kier alpha value is -3.16.